The maximum absolute atomic E-state index is 12.8. The van der Waals surface area contributed by atoms with Gasteiger partial charge in [-0.25, -0.2) is 0 Å². The van der Waals surface area contributed by atoms with Crippen LogP contribution in [0.1, 0.15) is 58.5 Å². The monoisotopic (exact) mass is 417 g/mol. The molecule has 7 heteroatoms. The van der Waals surface area contributed by atoms with Crippen molar-refractivity contribution in [2.45, 2.75) is 70.9 Å². The van der Waals surface area contributed by atoms with Crippen molar-refractivity contribution >= 4 is 17.7 Å². The Kier molecular flexibility index (Phi) is 8.71. The highest BCUT2D eigenvalue weighted by atomic mass is 32.2. The lowest BCUT2D eigenvalue weighted by Crippen LogP contribution is -2.43. The molecule has 0 fully saturated rings. The van der Waals surface area contributed by atoms with E-state index in [-0.39, 0.29) is 24.0 Å². The van der Waals surface area contributed by atoms with Crippen LogP contribution in [0.2, 0.25) is 0 Å². The minimum Gasteiger partial charge on any atom is -0.337 e. The molecule has 2 rings (SSSR count). The Labute approximate surface area is 179 Å². The van der Waals surface area contributed by atoms with E-state index in [4.69, 9.17) is 0 Å². The Balaban J connectivity index is 2.29. The van der Waals surface area contributed by atoms with E-state index in [1.54, 1.807) is 0 Å². The maximum Gasteiger partial charge on any atom is 0.233 e. The first-order valence-electron chi connectivity index (χ1n) is 10.3. The van der Waals surface area contributed by atoms with Crippen molar-refractivity contribution in [1.82, 2.24) is 24.6 Å². The number of hydrogen-bond acceptors (Lipinski definition) is 5. The predicted octanol–water partition coefficient (Wildman–Crippen LogP) is 4.08. The molecule has 1 amide bonds. The number of amides is 1. The Morgan fingerprint density at radius 1 is 1.07 bits per heavy atom. The van der Waals surface area contributed by atoms with E-state index in [2.05, 4.69) is 80.5 Å². The summed E-state index contributed by atoms with van der Waals surface area (Å²) < 4.78 is 2.16. The minimum atomic E-state index is 0.135. The SMILES string of the molecule is CC[C@@H](c1nnc(SCC(=O)N(C(C)C)C(C)C)n1Cc1ccccc1)N(C)C. The molecule has 160 valence electrons. The fourth-order valence-corrected chi connectivity index (χ4v) is 4.53. The summed E-state index contributed by atoms with van der Waals surface area (Å²) in [5.41, 5.74) is 1.20. The second-order valence-electron chi connectivity index (χ2n) is 8.08. The normalized spacial score (nSPS) is 12.8. The van der Waals surface area contributed by atoms with Gasteiger partial charge in [0.15, 0.2) is 11.0 Å². The predicted molar refractivity (Wildman–Crippen MR) is 120 cm³/mol. The number of rotatable bonds is 10. The van der Waals surface area contributed by atoms with E-state index in [9.17, 15) is 4.79 Å². The highest BCUT2D eigenvalue weighted by Gasteiger charge is 2.24. The Morgan fingerprint density at radius 2 is 1.69 bits per heavy atom. The second kappa shape index (κ2) is 10.8. The molecule has 0 aliphatic heterocycles. The van der Waals surface area contributed by atoms with Gasteiger partial charge in [-0.3, -0.25) is 9.69 Å². The van der Waals surface area contributed by atoms with Gasteiger partial charge < -0.3 is 9.47 Å². The zero-order valence-corrected chi connectivity index (χ0v) is 19.6. The van der Waals surface area contributed by atoms with Crippen LogP contribution in [0.3, 0.4) is 0 Å². The molecule has 1 aromatic carbocycles. The molecular formula is C22H35N5OS. The summed E-state index contributed by atoms with van der Waals surface area (Å²) in [6.07, 6.45) is 0.942. The van der Waals surface area contributed by atoms with Crippen molar-refractivity contribution in [3.63, 3.8) is 0 Å². The lowest BCUT2D eigenvalue weighted by Gasteiger charge is -2.30. The van der Waals surface area contributed by atoms with Crippen LogP contribution < -0.4 is 0 Å². The van der Waals surface area contributed by atoms with Crippen LogP contribution >= 0.6 is 11.8 Å². The molecule has 1 atom stereocenters. The summed E-state index contributed by atoms with van der Waals surface area (Å²) in [6.45, 7) is 11.1. The smallest absolute Gasteiger partial charge is 0.233 e. The van der Waals surface area contributed by atoms with Crippen LogP contribution in [-0.2, 0) is 11.3 Å². The Morgan fingerprint density at radius 3 is 2.21 bits per heavy atom. The zero-order valence-electron chi connectivity index (χ0n) is 18.8. The van der Waals surface area contributed by atoms with E-state index in [1.807, 2.05) is 23.1 Å². The van der Waals surface area contributed by atoms with E-state index < -0.39 is 0 Å². The lowest BCUT2D eigenvalue weighted by atomic mass is 10.2. The largest absolute Gasteiger partial charge is 0.337 e. The molecule has 0 radical (unpaired) electrons. The quantitative estimate of drug-likeness (QED) is 0.545. The van der Waals surface area contributed by atoms with Gasteiger partial charge >= 0.3 is 0 Å². The molecule has 2 aromatic rings. The number of benzene rings is 1. The fourth-order valence-electron chi connectivity index (χ4n) is 3.72. The van der Waals surface area contributed by atoms with E-state index in [0.29, 0.717) is 12.3 Å². The molecule has 29 heavy (non-hydrogen) atoms. The average molecular weight is 418 g/mol. The molecule has 0 aliphatic rings. The van der Waals surface area contributed by atoms with E-state index >= 15 is 0 Å². The molecule has 0 spiro atoms. The Bertz CT molecular complexity index is 765. The third-order valence-corrected chi connectivity index (χ3v) is 5.91. The lowest BCUT2D eigenvalue weighted by molar-refractivity contribution is -0.131. The highest BCUT2D eigenvalue weighted by molar-refractivity contribution is 7.99. The number of carbonyl (C=O) groups excluding carboxylic acids is 1. The van der Waals surface area contributed by atoms with Crippen molar-refractivity contribution in [2.24, 2.45) is 0 Å². The first kappa shape index (κ1) is 23.4. The van der Waals surface area contributed by atoms with Crippen molar-refractivity contribution in [2.75, 3.05) is 19.8 Å². The zero-order chi connectivity index (χ0) is 21.6. The minimum absolute atomic E-state index is 0.135. The summed E-state index contributed by atoms with van der Waals surface area (Å²) in [5, 5.41) is 9.78. The summed E-state index contributed by atoms with van der Waals surface area (Å²) in [6, 6.07) is 10.9. The number of hydrogen-bond donors (Lipinski definition) is 0. The summed E-state index contributed by atoms with van der Waals surface area (Å²) >= 11 is 1.48. The van der Waals surface area contributed by atoms with Gasteiger partial charge in [0, 0.05) is 12.1 Å². The van der Waals surface area contributed by atoms with Gasteiger partial charge in [-0.15, -0.1) is 10.2 Å². The van der Waals surface area contributed by atoms with E-state index in [0.717, 1.165) is 17.4 Å². The molecule has 0 saturated carbocycles. The standard InChI is InChI=1S/C22H35N5OS/c1-8-19(25(6)7)21-23-24-22(26(21)14-18-12-10-9-11-13-18)29-15-20(28)27(16(2)3)17(4)5/h9-13,16-17,19H,8,14-15H2,1-7H3/t19-/m0/s1. The van der Waals surface area contributed by atoms with Gasteiger partial charge in [-0.1, -0.05) is 49.0 Å². The molecule has 6 nitrogen and oxygen atoms in total. The van der Waals surface area contributed by atoms with Crippen LogP contribution in [0.4, 0.5) is 0 Å². The fraction of sp³-hybridized carbons (Fsp3) is 0.591. The van der Waals surface area contributed by atoms with Crippen LogP contribution in [0.5, 0.6) is 0 Å². The number of nitrogens with zero attached hydrogens (tertiary/aromatic N) is 5. The first-order valence-corrected chi connectivity index (χ1v) is 11.3. The number of carbonyl (C=O) groups is 1. The van der Waals surface area contributed by atoms with Gasteiger partial charge in [-0.05, 0) is 53.8 Å². The van der Waals surface area contributed by atoms with Crippen molar-refractivity contribution in [3.8, 4) is 0 Å². The van der Waals surface area contributed by atoms with Gasteiger partial charge in [0.05, 0.1) is 18.3 Å². The molecule has 0 unspecified atom stereocenters. The second-order valence-corrected chi connectivity index (χ2v) is 9.02. The molecule has 1 heterocycles. The molecule has 0 saturated heterocycles. The van der Waals surface area contributed by atoms with Crippen LogP contribution in [0, 0.1) is 0 Å². The van der Waals surface area contributed by atoms with Crippen molar-refractivity contribution in [1.29, 1.82) is 0 Å². The molecule has 0 aliphatic carbocycles. The first-order chi connectivity index (χ1) is 13.8. The Hall–Kier alpha value is -1.86. The topological polar surface area (TPSA) is 54.3 Å². The summed E-state index contributed by atoms with van der Waals surface area (Å²) in [7, 11) is 4.13. The molecule has 0 bridgehead atoms. The average Bonchev–Trinajstić information content (AvgIpc) is 3.03. The summed E-state index contributed by atoms with van der Waals surface area (Å²) in [5.74, 6) is 1.44. The van der Waals surface area contributed by atoms with Gasteiger partial charge in [0.1, 0.15) is 0 Å². The van der Waals surface area contributed by atoms with Crippen LogP contribution in [-0.4, -0.2) is 62.4 Å². The van der Waals surface area contributed by atoms with Crippen LogP contribution in [0.25, 0.3) is 0 Å². The van der Waals surface area contributed by atoms with Gasteiger partial charge in [0.2, 0.25) is 5.91 Å². The number of thioether (sulfide) groups is 1. The molecular weight excluding hydrogens is 382 g/mol. The third kappa shape index (κ3) is 6.06. The molecule has 0 N–H and O–H groups in total. The van der Waals surface area contributed by atoms with Gasteiger partial charge in [-0.2, -0.15) is 0 Å². The van der Waals surface area contributed by atoms with Crippen LogP contribution in [0.15, 0.2) is 35.5 Å². The number of aromatic nitrogens is 3. The van der Waals surface area contributed by atoms with Gasteiger partial charge in [0.25, 0.3) is 0 Å². The van der Waals surface area contributed by atoms with E-state index in [1.165, 1.54) is 17.3 Å². The summed E-state index contributed by atoms with van der Waals surface area (Å²) in [4.78, 5) is 16.9. The third-order valence-electron chi connectivity index (χ3n) is 4.96. The highest BCUT2D eigenvalue weighted by Crippen LogP contribution is 2.26. The molecule has 1 aromatic heterocycles. The van der Waals surface area contributed by atoms with Crippen molar-refractivity contribution < 1.29 is 4.79 Å². The maximum atomic E-state index is 12.8. The van der Waals surface area contributed by atoms with Crippen molar-refractivity contribution in [3.05, 3.63) is 41.7 Å².